The van der Waals surface area contributed by atoms with E-state index in [1.54, 1.807) is 12.1 Å². The highest BCUT2D eigenvalue weighted by atomic mass is 19.2. The molecule has 4 rings (SSSR count). The Morgan fingerprint density at radius 2 is 1.70 bits per heavy atom. The third-order valence-corrected chi connectivity index (χ3v) is 5.91. The Morgan fingerprint density at radius 3 is 2.33 bits per heavy atom. The first-order chi connectivity index (χ1) is 15.8. The van der Waals surface area contributed by atoms with Crippen molar-refractivity contribution in [1.82, 2.24) is 9.88 Å². The van der Waals surface area contributed by atoms with Crippen molar-refractivity contribution in [1.29, 1.82) is 0 Å². The molecule has 2 aromatic carbocycles. The summed E-state index contributed by atoms with van der Waals surface area (Å²) in [6.45, 7) is 5.12. The second-order valence-electron chi connectivity index (χ2n) is 8.47. The van der Waals surface area contributed by atoms with E-state index in [2.05, 4.69) is 22.1 Å². The third-order valence-electron chi connectivity index (χ3n) is 5.91. The highest BCUT2D eigenvalue weighted by Crippen LogP contribution is 2.30. The van der Waals surface area contributed by atoms with Crippen LogP contribution in [0.1, 0.15) is 42.1 Å². The zero-order valence-corrected chi connectivity index (χ0v) is 18.1. The number of H-pyrrole nitrogens is 1. The predicted octanol–water partition coefficient (Wildman–Crippen LogP) is 5.78. The van der Waals surface area contributed by atoms with E-state index >= 15 is 0 Å². The number of aromatic amines is 1. The maximum atomic E-state index is 14.0. The van der Waals surface area contributed by atoms with Gasteiger partial charge in [0, 0.05) is 35.9 Å². The van der Waals surface area contributed by atoms with Crippen LogP contribution in [0.5, 0.6) is 0 Å². The van der Waals surface area contributed by atoms with E-state index in [-0.39, 0.29) is 5.69 Å². The molecular weight excluding hydrogens is 441 g/mol. The monoisotopic (exact) mass is 465 g/mol. The number of carbonyl (C=O) groups is 1. The van der Waals surface area contributed by atoms with Gasteiger partial charge in [0.25, 0.3) is 5.91 Å². The molecule has 176 valence electrons. The Bertz CT molecular complexity index is 1160. The van der Waals surface area contributed by atoms with Gasteiger partial charge in [-0.3, -0.25) is 4.79 Å². The van der Waals surface area contributed by atoms with Crippen molar-refractivity contribution in [3.63, 3.8) is 0 Å². The van der Waals surface area contributed by atoms with E-state index < -0.39 is 40.6 Å². The number of amides is 1. The largest absolute Gasteiger partial charge is 0.361 e. The molecule has 4 nitrogen and oxygen atoms in total. The van der Waals surface area contributed by atoms with Crippen molar-refractivity contribution in [3.8, 4) is 0 Å². The zero-order valence-electron chi connectivity index (χ0n) is 18.1. The van der Waals surface area contributed by atoms with Gasteiger partial charge in [0.15, 0.2) is 23.3 Å². The van der Waals surface area contributed by atoms with Gasteiger partial charge in [-0.2, -0.15) is 0 Å². The van der Waals surface area contributed by atoms with Gasteiger partial charge in [-0.05, 0) is 61.9 Å². The summed E-state index contributed by atoms with van der Waals surface area (Å²) in [7, 11) is 0. The molecule has 2 N–H and O–H groups in total. The number of hydrogen-bond donors (Lipinski definition) is 2. The zero-order chi connectivity index (χ0) is 23.7. The normalized spacial score (nSPS) is 13.8. The minimum atomic E-state index is -2.31. The molecule has 0 saturated heterocycles. The summed E-state index contributed by atoms with van der Waals surface area (Å²) in [5.74, 6) is -11.6. The van der Waals surface area contributed by atoms with Gasteiger partial charge >= 0.3 is 0 Å². The lowest BCUT2D eigenvalue weighted by Crippen LogP contribution is -2.29. The summed E-state index contributed by atoms with van der Waals surface area (Å²) in [5, 5.41) is 3.06. The molecule has 0 unspecified atom stereocenters. The van der Waals surface area contributed by atoms with Crippen LogP contribution in [0.25, 0.3) is 10.9 Å². The number of hydrogen-bond acceptors (Lipinski definition) is 2. The smallest absolute Gasteiger partial charge is 0.261 e. The highest BCUT2D eigenvalue weighted by Gasteiger charge is 2.30. The van der Waals surface area contributed by atoms with Gasteiger partial charge in [0.05, 0.1) is 0 Å². The fourth-order valence-corrected chi connectivity index (χ4v) is 4.02. The van der Waals surface area contributed by atoms with Crippen LogP contribution in [-0.4, -0.2) is 35.4 Å². The van der Waals surface area contributed by atoms with Crippen LogP contribution in [0.4, 0.5) is 27.6 Å². The van der Waals surface area contributed by atoms with Crippen LogP contribution in [0.15, 0.2) is 24.4 Å². The molecule has 3 aromatic rings. The quantitative estimate of drug-likeness (QED) is 0.239. The average molecular weight is 465 g/mol. The number of rotatable bonds is 9. The van der Waals surface area contributed by atoms with Crippen molar-refractivity contribution < 1.29 is 26.7 Å². The summed E-state index contributed by atoms with van der Waals surface area (Å²) in [5.41, 5.74) is 0.481. The number of benzene rings is 2. The van der Waals surface area contributed by atoms with Gasteiger partial charge in [0.1, 0.15) is 5.56 Å². The number of anilines is 1. The van der Waals surface area contributed by atoms with Gasteiger partial charge in [-0.1, -0.05) is 6.92 Å². The first kappa shape index (κ1) is 23.2. The summed E-state index contributed by atoms with van der Waals surface area (Å²) in [6, 6.07) is 4.79. The maximum Gasteiger partial charge on any atom is 0.261 e. The van der Waals surface area contributed by atoms with Crippen molar-refractivity contribution in [2.45, 2.75) is 32.6 Å². The molecule has 9 heteroatoms. The van der Waals surface area contributed by atoms with Crippen molar-refractivity contribution in [2.24, 2.45) is 5.92 Å². The molecule has 0 aliphatic heterocycles. The minimum Gasteiger partial charge on any atom is -0.361 e. The molecule has 0 bridgehead atoms. The van der Waals surface area contributed by atoms with Crippen molar-refractivity contribution in [2.75, 3.05) is 25.0 Å². The van der Waals surface area contributed by atoms with Crippen LogP contribution >= 0.6 is 0 Å². The Balaban J connectivity index is 1.53. The summed E-state index contributed by atoms with van der Waals surface area (Å²) in [6.07, 6.45) is 6.26. The molecule has 0 radical (unpaired) electrons. The predicted molar refractivity (Wildman–Crippen MR) is 116 cm³/mol. The van der Waals surface area contributed by atoms with E-state index in [1.807, 2.05) is 6.20 Å². The fraction of sp³-hybridized carbons (Fsp3) is 0.375. The Labute approximate surface area is 187 Å². The maximum absolute atomic E-state index is 14.0. The minimum absolute atomic E-state index is 0.181. The second kappa shape index (κ2) is 9.51. The van der Waals surface area contributed by atoms with E-state index in [1.165, 1.54) is 18.9 Å². The molecule has 1 aliphatic rings. The molecule has 0 spiro atoms. The highest BCUT2D eigenvalue weighted by molar-refractivity contribution is 6.05. The van der Waals surface area contributed by atoms with Crippen LogP contribution in [-0.2, 0) is 6.42 Å². The van der Waals surface area contributed by atoms with E-state index in [0.717, 1.165) is 54.9 Å². The molecule has 1 saturated carbocycles. The number of halogens is 5. The first-order valence-electron chi connectivity index (χ1n) is 10.9. The molecule has 1 aliphatic carbocycles. The van der Waals surface area contributed by atoms with Crippen molar-refractivity contribution in [3.05, 3.63) is 64.6 Å². The number of fused-ring (bicyclic) bond motifs is 1. The SMILES string of the molecule is CCCN(CCc1c[nH]c2ccc(NC(=O)c3c(F)c(F)c(F)c(F)c3F)cc12)CC1CC1. The Morgan fingerprint density at radius 1 is 1.03 bits per heavy atom. The molecule has 1 fully saturated rings. The lowest BCUT2D eigenvalue weighted by molar-refractivity contribution is 0.101. The number of nitrogens with one attached hydrogen (secondary N) is 2. The van der Waals surface area contributed by atoms with Gasteiger partial charge in [-0.25, -0.2) is 22.0 Å². The molecular formula is C24H24F5N3O. The summed E-state index contributed by atoms with van der Waals surface area (Å²) in [4.78, 5) is 18.0. The number of carbonyl (C=O) groups excluding carboxylic acids is 1. The summed E-state index contributed by atoms with van der Waals surface area (Å²) < 4.78 is 68.1. The first-order valence-corrected chi connectivity index (χ1v) is 10.9. The molecule has 33 heavy (non-hydrogen) atoms. The molecule has 0 atom stereocenters. The fourth-order valence-electron chi connectivity index (χ4n) is 4.02. The molecule has 1 amide bonds. The van der Waals surface area contributed by atoms with Crippen molar-refractivity contribution >= 4 is 22.5 Å². The van der Waals surface area contributed by atoms with Crippen LogP contribution in [0.3, 0.4) is 0 Å². The van der Waals surface area contributed by atoms with Gasteiger partial charge in [0.2, 0.25) is 5.82 Å². The molecule has 1 aromatic heterocycles. The Hall–Kier alpha value is -2.94. The third kappa shape index (κ3) is 4.88. The lowest BCUT2D eigenvalue weighted by atomic mass is 10.1. The van der Waals surface area contributed by atoms with Crippen LogP contribution in [0.2, 0.25) is 0 Å². The van der Waals surface area contributed by atoms with E-state index in [9.17, 15) is 26.7 Å². The topological polar surface area (TPSA) is 48.1 Å². The Kier molecular flexibility index (Phi) is 6.69. The van der Waals surface area contributed by atoms with Crippen LogP contribution < -0.4 is 5.32 Å². The van der Waals surface area contributed by atoms with Gasteiger partial charge < -0.3 is 15.2 Å². The number of nitrogens with zero attached hydrogens (tertiary/aromatic N) is 1. The van der Waals surface area contributed by atoms with E-state index in [0.29, 0.717) is 0 Å². The number of aromatic nitrogens is 1. The molecule has 1 heterocycles. The average Bonchev–Trinajstić information content (AvgIpc) is 3.52. The summed E-state index contributed by atoms with van der Waals surface area (Å²) >= 11 is 0. The van der Waals surface area contributed by atoms with Gasteiger partial charge in [-0.15, -0.1) is 0 Å². The van der Waals surface area contributed by atoms with E-state index in [4.69, 9.17) is 0 Å². The lowest BCUT2D eigenvalue weighted by Gasteiger charge is -2.21. The van der Waals surface area contributed by atoms with Crippen LogP contribution in [0, 0.1) is 35.0 Å². The standard InChI is InChI=1S/C24H24F5N3O/c1-2-8-32(12-13-3-4-13)9-7-14-11-30-17-6-5-15(10-16(14)17)31-24(33)18-19(25)21(27)23(29)22(28)20(18)26/h5-6,10-11,13,30H,2-4,7-9,12H2,1H3,(H,31,33). The second-order valence-corrected chi connectivity index (χ2v) is 8.47.